The molecule has 8 heteroatoms. The highest BCUT2D eigenvalue weighted by atomic mass is 17.4. The average molecular weight is 411 g/mol. The Kier molecular flexibility index (Phi) is 7.07. The molecule has 1 aliphatic heterocycles. The van der Waals surface area contributed by atoms with E-state index in [9.17, 15) is 9.90 Å². The van der Waals surface area contributed by atoms with Crippen LogP contribution in [0.25, 0.3) is 0 Å². The molecule has 0 radical (unpaired) electrons. The van der Waals surface area contributed by atoms with E-state index in [1.54, 1.807) is 0 Å². The molecule has 0 atom stereocenters. The number of aliphatic hydroxyl groups is 1. The van der Waals surface area contributed by atoms with Gasteiger partial charge in [0.15, 0.2) is 0 Å². The predicted octanol–water partition coefficient (Wildman–Crippen LogP) is 3.19. The number of nitrogens with one attached hydrogen (secondary N) is 1. The van der Waals surface area contributed by atoms with E-state index in [0.29, 0.717) is 64.0 Å². The monoisotopic (exact) mass is 411 g/mol. The van der Waals surface area contributed by atoms with Gasteiger partial charge in [-0.2, -0.15) is 19.6 Å². The molecule has 2 spiro atoms. The van der Waals surface area contributed by atoms with Crippen LogP contribution in [0.1, 0.15) is 71.6 Å². The van der Waals surface area contributed by atoms with Crippen LogP contribution in [0.15, 0.2) is 0 Å². The molecule has 1 amide bonds. The van der Waals surface area contributed by atoms with E-state index in [0.717, 1.165) is 12.8 Å². The van der Waals surface area contributed by atoms with Crippen molar-refractivity contribution in [1.82, 2.24) is 5.32 Å². The molecule has 164 valence electrons. The molecule has 1 saturated heterocycles. The van der Waals surface area contributed by atoms with Gasteiger partial charge >= 0.3 is 6.09 Å². The van der Waals surface area contributed by atoms with Gasteiger partial charge in [-0.15, -0.1) is 12.3 Å². The summed E-state index contributed by atoms with van der Waals surface area (Å²) in [5.74, 6) is 1.03. The molecule has 29 heavy (non-hydrogen) atoms. The molecule has 2 aliphatic carbocycles. The highest BCUT2D eigenvalue weighted by Crippen LogP contribution is 2.48. The first-order valence-electron chi connectivity index (χ1n) is 10.5. The topological polar surface area (TPSA) is 95.5 Å². The van der Waals surface area contributed by atoms with Crippen LogP contribution in [0.3, 0.4) is 0 Å². The van der Waals surface area contributed by atoms with Crippen LogP contribution >= 0.6 is 0 Å². The fraction of sp³-hybridized carbons (Fsp3) is 0.857. The Labute approximate surface area is 172 Å². The number of hydrogen-bond donors (Lipinski definition) is 2. The van der Waals surface area contributed by atoms with Gasteiger partial charge in [0.2, 0.25) is 11.6 Å². The van der Waals surface area contributed by atoms with Gasteiger partial charge in [0, 0.05) is 44.1 Å². The normalized spacial score (nSPS) is 35.2. The number of carbonyl (C=O) groups is 1. The summed E-state index contributed by atoms with van der Waals surface area (Å²) in [6.45, 7) is 4.94. The van der Waals surface area contributed by atoms with E-state index >= 15 is 0 Å². The summed E-state index contributed by atoms with van der Waals surface area (Å²) in [4.78, 5) is 34.5. The summed E-state index contributed by atoms with van der Waals surface area (Å²) in [6, 6.07) is 0. The number of terminal acetylenes is 1. The lowest BCUT2D eigenvalue weighted by molar-refractivity contribution is -0.663. The van der Waals surface area contributed by atoms with Crippen LogP contribution in [0.2, 0.25) is 0 Å². The maximum atomic E-state index is 11.8. The number of hydrogen-bond acceptors (Lipinski definition) is 7. The molecule has 0 aromatic heterocycles. The van der Waals surface area contributed by atoms with Crippen LogP contribution in [0.5, 0.6) is 0 Å². The van der Waals surface area contributed by atoms with Crippen molar-refractivity contribution in [3.63, 3.8) is 0 Å². The lowest BCUT2D eigenvalue weighted by Crippen LogP contribution is -2.54. The summed E-state index contributed by atoms with van der Waals surface area (Å²) in [7, 11) is 0. The first-order chi connectivity index (χ1) is 13.8. The van der Waals surface area contributed by atoms with Gasteiger partial charge < -0.3 is 15.2 Å². The summed E-state index contributed by atoms with van der Waals surface area (Å²) < 4.78 is 5.38. The molecule has 0 unspecified atom stereocenters. The van der Waals surface area contributed by atoms with Crippen molar-refractivity contribution in [2.45, 2.75) is 89.3 Å². The highest BCUT2D eigenvalue weighted by molar-refractivity contribution is 5.67. The number of aliphatic hydroxyl groups excluding tert-OH is 1. The number of rotatable bonds is 5. The van der Waals surface area contributed by atoms with Crippen LogP contribution < -0.4 is 5.32 Å². The zero-order chi connectivity index (χ0) is 21.0. The van der Waals surface area contributed by atoms with Crippen LogP contribution in [0, 0.1) is 23.7 Å². The molecule has 3 aliphatic rings. The molecular weight excluding hydrogens is 378 g/mol. The maximum Gasteiger partial charge on any atom is 0.407 e. The lowest BCUT2D eigenvalue weighted by Gasteiger charge is -2.48. The van der Waals surface area contributed by atoms with Crippen LogP contribution in [-0.4, -0.2) is 42.0 Å². The lowest BCUT2D eigenvalue weighted by atomic mass is 9.70. The Bertz CT molecular complexity index is 587. The van der Waals surface area contributed by atoms with E-state index in [-0.39, 0.29) is 11.5 Å². The van der Waals surface area contributed by atoms with E-state index in [1.807, 2.05) is 0 Å². The third-order valence-electron chi connectivity index (χ3n) is 6.37. The van der Waals surface area contributed by atoms with Crippen LogP contribution in [0.4, 0.5) is 4.79 Å². The second-order valence-electron chi connectivity index (χ2n) is 9.11. The number of alkyl carbamates (subject to hydrolysis) is 1. The summed E-state index contributed by atoms with van der Waals surface area (Å²) in [5, 5.41) is 12.3. The van der Waals surface area contributed by atoms with Gasteiger partial charge in [-0.1, -0.05) is 13.8 Å². The third-order valence-corrected chi connectivity index (χ3v) is 6.37. The highest BCUT2D eigenvalue weighted by Gasteiger charge is 2.52. The van der Waals surface area contributed by atoms with Crippen molar-refractivity contribution in [3.8, 4) is 12.3 Å². The minimum absolute atomic E-state index is 0.178. The second kappa shape index (κ2) is 9.19. The molecule has 0 bridgehead atoms. The van der Waals surface area contributed by atoms with Crippen molar-refractivity contribution < 1.29 is 34.2 Å². The van der Waals surface area contributed by atoms with Crippen molar-refractivity contribution in [2.75, 3.05) is 13.2 Å². The molecule has 2 N–H and O–H groups in total. The smallest absolute Gasteiger partial charge is 0.407 e. The largest absolute Gasteiger partial charge is 0.449 e. The van der Waals surface area contributed by atoms with Crippen molar-refractivity contribution in [1.29, 1.82) is 0 Å². The third kappa shape index (κ3) is 5.62. The molecule has 3 fully saturated rings. The predicted molar refractivity (Wildman–Crippen MR) is 103 cm³/mol. The number of ether oxygens (including phenoxy) is 1. The Hall–Kier alpha value is -1.37. The zero-order valence-electron chi connectivity index (χ0n) is 17.4. The SMILES string of the molecule is C#CCCNC(=O)OCC(C)(C)C1CCC2(CC1)OOC1(CCC(O)CC1)OO2. The minimum atomic E-state index is -0.902. The summed E-state index contributed by atoms with van der Waals surface area (Å²) in [6.07, 6.45) is 10.1. The fourth-order valence-electron chi connectivity index (χ4n) is 4.20. The van der Waals surface area contributed by atoms with E-state index < -0.39 is 17.7 Å². The average Bonchev–Trinajstić information content (AvgIpc) is 2.72. The maximum absolute atomic E-state index is 11.8. The van der Waals surface area contributed by atoms with Gasteiger partial charge in [-0.05, 0) is 31.6 Å². The van der Waals surface area contributed by atoms with Gasteiger partial charge in [-0.25, -0.2) is 4.79 Å². The summed E-state index contributed by atoms with van der Waals surface area (Å²) >= 11 is 0. The van der Waals surface area contributed by atoms with Crippen molar-refractivity contribution >= 4 is 6.09 Å². The zero-order valence-corrected chi connectivity index (χ0v) is 17.4. The van der Waals surface area contributed by atoms with Crippen molar-refractivity contribution in [3.05, 3.63) is 0 Å². The molecule has 0 aromatic carbocycles. The first kappa shape index (κ1) is 22.3. The van der Waals surface area contributed by atoms with Crippen molar-refractivity contribution in [2.24, 2.45) is 11.3 Å². The Morgan fingerprint density at radius 2 is 1.62 bits per heavy atom. The van der Waals surface area contributed by atoms with Crippen LogP contribution in [-0.2, 0) is 24.3 Å². The minimum Gasteiger partial charge on any atom is -0.449 e. The van der Waals surface area contributed by atoms with E-state index in [4.69, 9.17) is 30.7 Å². The molecule has 1 heterocycles. The molecule has 3 rings (SSSR count). The molecule has 8 nitrogen and oxygen atoms in total. The fourth-order valence-corrected chi connectivity index (χ4v) is 4.20. The number of carbonyl (C=O) groups excluding carboxylic acids is 1. The molecule has 2 saturated carbocycles. The van der Waals surface area contributed by atoms with Gasteiger partial charge in [-0.3, -0.25) is 0 Å². The van der Waals surface area contributed by atoms with Gasteiger partial charge in [0.25, 0.3) is 0 Å². The van der Waals surface area contributed by atoms with Gasteiger partial charge in [0.1, 0.15) is 0 Å². The van der Waals surface area contributed by atoms with E-state index in [1.165, 1.54) is 0 Å². The summed E-state index contributed by atoms with van der Waals surface area (Å²) in [5.41, 5.74) is -0.178. The Morgan fingerprint density at radius 1 is 1.10 bits per heavy atom. The number of amides is 1. The Balaban J connectivity index is 1.43. The second-order valence-corrected chi connectivity index (χ2v) is 9.11. The molecular formula is C21H33NO7. The molecule has 0 aromatic rings. The van der Waals surface area contributed by atoms with E-state index in [2.05, 4.69) is 25.1 Å². The van der Waals surface area contributed by atoms with Gasteiger partial charge in [0.05, 0.1) is 12.7 Å². The first-order valence-corrected chi connectivity index (χ1v) is 10.5. The quantitative estimate of drug-likeness (QED) is 0.407. The standard InChI is InChI=1S/C21H33NO7/c1-4-5-14-22-18(24)25-15-19(2,3)16-6-10-20(11-7-16)26-28-21(29-27-20)12-8-17(23)9-13-21/h1,16-17,23H,5-15H2,2-3H3,(H,22,24). The Morgan fingerprint density at radius 3 is 2.14 bits per heavy atom.